The minimum atomic E-state index is -1.05. The van der Waals surface area contributed by atoms with Crippen LogP contribution >= 0.6 is 0 Å². The van der Waals surface area contributed by atoms with E-state index in [2.05, 4.69) is 38.7 Å². The van der Waals surface area contributed by atoms with Gasteiger partial charge in [-0.15, -0.1) is 0 Å². The van der Waals surface area contributed by atoms with Crippen LogP contribution in [0, 0.1) is 34.0 Å². The lowest BCUT2D eigenvalue weighted by Gasteiger charge is -2.31. The van der Waals surface area contributed by atoms with Gasteiger partial charge in [0.2, 0.25) is 0 Å². The Bertz CT molecular complexity index is 888. The van der Waals surface area contributed by atoms with E-state index < -0.39 is 27.8 Å². The van der Waals surface area contributed by atoms with Crippen LogP contribution < -0.4 is 0 Å². The van der Waals surface area contributed by atoms with Crippen LogP contribution in [0.1, 0.15) is 102 Å². The smallest absolute Gasteiger partial charge is 0.167 e. The normalized spacial score (nSPS) is 17.8. The molecular weight excluding hydrogens is 482 g/mol. The summed E-state index contributed by atoms with van der Waals surface area (Å²) in [5.74, 6) is 0. The Labute approximate surface area is 231 Å². The van der Waals surface area contributed by atoms with Gasteiger partial charge in [-0.3, -0.25) is 0 Å². The number of nitrogens with zero attached hydrogens (tertiary/aromatic N) is 7. The van der Waals surface area contributed by atoms with Crippen LogP contribution in [0.2, 0.25) is 0 Å². The summed E-state index contributed by atoms with van der Waals surface area (Å²) in [6.45, 7) is 22.4. The number of azo groups is 2. The van der Waals surface area contributed by atoms with Crippen molar-refractivity contribution in [3.63, 3.8) is 0 Å². The van der Waals surface area contributed by atoms with E-state index in [-0.39, 0.29) is 11.1 Å². The van der Waals surface area contributed by atoms with E-state index in [0.29, 0.717) is 19.3 Å². The van der Waals surface area contributed by atoms with E-state index in [4.69, 9.17) is 14.2 Å². The van der Waals surface area contributed by atoms with E-state index >= 15 is 0 Å². The molecule has 38 heavy (non-hydrogen) atoms. The highest BCUT2D eigenvalue weighted by molar-refractivity contribution is 5.10. The lowest BCUT2D eigenvalue weighted by Crippen LogP contribution is -2.37. The molecule has 0 aromatic heterocycles. The summed E-state index contributed by atoms with van der Waals surface area (Å²) in [5, 5.41) is 44.7. The van der Waals surface area contributed by atoms with E-state index in [1.807, 2.05) is 62.3 Å². The second-order valence-electron chi connectivity index (χ2n) is 13.1. The van der Waals surface area contributed by atoms with Gasteiger partial charge in [0.1, 0.15) is 0 Å². The Morgan fingerprint density at radius 3 is 0.816 bits per heavy atom. The fraction of sp³-hybridized carbons (Fsp3) is 0.893. The predicted octanol–water partition coefficient (Wildman–Crippen LogP) is 6.97. The van der Waals surface area contributed by atoms with Gasteiger partial charge in [-0.05, 0) is 83.1 Å². The summed E-state index contributed by atoms with van der Waals surface area (Å²) in [5.41, 5.74) is -4.55. The van der Waals surface area contributed by atoms with Crippen LogP contribution in [-0.2, 0) is 14.2 Å². The highest BCUT2D eigenvalue weighted by atomic mass is 16.5. The minimum Gasteiger partial charge on any atom is -0.379 e. The maximum atomic E-state index is 9.43. The van der Waals surface area contributed by atoms with Crippen LogP contribution in [0.5, 0.6) is 0 Å². The SMILES string of the molecule is COC(C)(C)CC(C)(C#N)N=NC(C)(C#N)CC(C)(C)OC.COC(C)(C)CC(C)(C#N)N=NC(C)(C)C. The van der Waals surface area contributed by atoms with Gasteiger partial charge in [-0.25, -0.2) is 0 Å². The molecule has 0 fully saturated rings. The molecule has 0 aromatic carbocycles. The van der Waals surface area contributed by atoms with Gasteiger partial charge < -0.3 is 14.2 Å². The molecule has 0 aliphatic heterocycles. The topological polar surface area (TPSA) is 148 Å². The van der Waals surface area contributed by atoms with Gasteiger partial charge in [0, 0.05) is 40.6 Å². The molecule has 0 amide bonds. The van der Waals surface area contributed by atoms with Crippen LogP contribution in [0.4, 0.5) is 0 Å². The van der Waals surface area contributed by atoms with Crippen LogP contribution in [0.15, 0.2) is 20.5 Å². The zero-order valence-corrected chi connectivity index (χ0v) is 26.5. The molecule has 0 radical (unpaired) electrons. The lowest BCUT2D eigenvalue weighted by molar-refractivity contribution is 0.000704. The fourth-order valence-electron chi connectivity index (χ4n) is 3.48. The zero-order valence-electron chi connectivity index (χ0n) is 26.5. The number of hydrogen-bond donors (Lipinski definition) is 0. The Balaban J connectivity index is 0. The van der Waals surface area contributed by atoms with Gasteiger partial charge in [0.05, 0.1) is 40.5 Å². The molecule has 0 heterocycles. The van der Waals surface area contributed by atoms with Crippen LogP contribution in [-0.4, -0.2) is 60.3 Å². The highest BCUT2D eigenvalue weighted by Gasteiger charge is 2.37. The number of hydrogen-bond acceptors (Lipinski definition) is 10. The van der Waals surface area contributed by atoms with Crippen molar-refractivity contribution in [1.29, 1.82) is 15.8 Å². The van der Waals surface area contributed by atoms with Crippen molar-refractivity contribution in [2.24, 2.45) is 20.5 Å². The first-order valence-corrected chi connectivity index (χ1v) is 12.7. The molecule has 0 aromatic rings. The third-order valence-electron chi connectivity index (χ3n) is 5.75. The van der Waals surface area contributed by atoms with Gasteiger partial charge in [-0.1, -0.05) is 0 Å². The largest absolute Gasteiger partial charge is 0.379 e. The zero-order chi connectivity index (χ0) is 30.7. The van der Waals surface area contributed by atoms with Crippen LogP contribution in [0.25, 0.3) is 0 Å². The van der Waals surface area contributed by atoms with Crippen molar-refractivity contribution in [3.8, 4) is 18.2 Å². The molecule has 10 heteroatoms. The number of nitriles is 3. The van der Waals surface area contributed by atoms with Crippen molar-refractivity contribution in [3.05, 3.63) is 0 Å². The molecule has 0 rings (SSSR count). The minimum absolute atomic E-state index is 0.255. The molecule has 3 unspecified atom stereocenters. The average Bonchev–Trinajstić information content (AvgIpc) is 2.81. The summed E-state index contributed by atoms with van der Waals surface area (Å²) in [6.07, 6.45) is 1.28. The molecule has 0 N–H and O–H groups in total. The lowest BCUT2D eigenvalue weighted by atomic mass is 9.88. The van der Waals surface area contributed by atoms with Crippen molar-refractivity contribution < 1.29 is 14.2 Å². The maximum absolute atomic E-state index is 9.43. The fourth-order valence-corrected chi connectivity index (χ4v) is 3.48. The maximum Gasteiger partial charge on any atom is 0.167 e. The second kappa shape index (κ2) is 14.1. The number of methoxy groups -OCH3 is 3. The molecule has 0 saturated carbocycles. The first-order chi connectivity index (χ1) is 16.9. The first kappa shape index (κ1) is 37.7. The molecule has 0 aliphatic carbocycles. The molecule has 0 aliphatic rings. The van der Waals surface area contributed by atoms with Gasteiger partial charge in [0.25, 0.3) is 0 Å². The summed E-state index contributed by atoms with van der Waals surface area (Å²) in [7, 11) is 4.82. The third kappa shape index (κ3) is 15.7. The summed E-state index contributed by atoms with van der Waals surface area (Å²) < 4.78 is 16.0. The Hall–Kier alpha value is -2.45. The van der Waals surface area contributed by atoms with Crippen molar-refractivity contribution in [2.75, 3.05) is 21.3 Å². The molecule has 0 spiro atoms. The predicted molar refractivity (Wildman–Crippen MR) is 149 cm³/mol. The summed E-state index contributed by atoms with van der Waals surface area (Å²) in [4.78, 5) is 0. The molecule has 0 saturated heterocycles. The Morgan fingerprint density at radius 2 is 0.658 bits per heavy atom. The number of rotatable bonds is 12. The van der Waals surface area contributed by atoms with E-state index in [0.717, 1.165) is 0 Å². The highest BCUT2D eigenvalue weighted by Crippen LogP contribution is 2.31. The van der Waals surface area contributed by atoms with Gasteiger partial charge in [0.15, 0.2) is 16.6 Å². The molecule has 216 valence electrons. The standard InChI is InChI=1S/C16H28N4O2.C12H23N3O/c1-13(2,21-7)9-15(5,11-17)19-20-16(6,12-18)10-14(3,4)22-8;1-10(2,3)14-15-12(6,9-13)8-11(4,5)16-7/h9-10H2,1-8H3;8H2,1-7H3. The third-order valence-corrected chi connectivity index (χ3v) is 5.75. The van der Waals surface area contributed by atoms with E-state index in [9.17, 15) is 15.8 Å². The second-order valence-corrected chi connectivity index (χ2v) is 13.1. The quantitative estimate of drug-likeness (QED) is 0.247. The Morgan fingerprint density at radius 1 is 0.447 bits per heavy atom. The Kier molecular flexibility index (Phi) is 14.0. The molecule has 3 atom stereocenters. The van der Waals surface area contributed by atoms with E-state index in [1.54, 1.807) is 42.1 Å². The average molecular weight is 534 g/mol. The van der Waals surface area contributed by atoms with Crippen LogP contribution in [0.3, 0.4) is 0 Å². The number of ether oxygens (including phenoxy) is 3. The van der Waals surface area contributed by atoms with Crippen molar-refractivity contribution >= 4 is 0 Å². The van der Waals surface area contributed by atoms with E-state index in [1.165, 1.54) is 0 Å². The molecule has 10 nitrogen and oxygen atoms in total. The van der Waals surface area contributed by atoms with Gasteiger partial charge in [-0.2, -0.15) is 36.2 Å². The molecule has 0 bridgehead atoms. The van der Waals surface area contributed by atoms with Gasteiger partial charge >= 0.3 is 0 Å². The first-order valence-electron chi connectivity index (χ1n) is 12.7. The van der Waals surface area contributed by atoms with Crippen molar-refractivity contribution in [1.82, 2.24) is 0 Å². The summed E-state index contributed by atoms with van der Waals surface area (Å²) >= 11 is 0. The molecular formula is C28H51N7O3. The van der Waals surface area contributed by atoms with Crippen molar-refractivity contribution in [2.45, 2.75) is 141 Å². The summed E-state index contributed by atoms with van der Waals surface area (Å²) in [6, 6.07) is 6.52. The monoisotopic (exact) mass is 533 g/mol.